The van der Waals surface area contributed by atoms with E-state index in [4.69, 9.17) is 10.5 Å². The van der Waals surface area contributed by atoms with Crippen molar-refractivity contribution < 1.29 is 9.84 Å². The highest BCUT2D eigenvalue weighted by Gasteiger charge is 2.02. The summed E-state index contributed by atoms with van der Waals surface area (Å²) < 4.78 is 5.22. The van der Waals surface area contributed by atoms with Crippen LogP contribution in [-0.2, 0) is 6.54 Å². The molecule has 0 saturated heterocycles. The van der Waals surface area contributed by atoms with Gasteiger partial charge in [-0.15, -0.1) is 24.0 Å². The van der Waals surface area contributed by atoms with Gasteiger partial charge < -0.3 is 20.9 Å². The third-order valence-electron chi connectivity index (χ3n) is 2.74. The van der Waals surface area contributed by atoms with Crippen LogP contribution >= 0.6 is 24.0 Å². The van der Waals surface area contributed by atoms with Gasteiger partial charge in [-0.2, -0.15) is 0 Å². The Bertz CT molecular complexity index is 600. The lowest BCUT2D eigenvalue weighted by Crippen LogP contribution is -2.22. The summed E-state index contributed by atoms with van der Waals surface area (Å²) in [6, 6.07) is 14.3. The highest BCUT2D eigenvalue weighted by atomic mass is 127. The molecular formula is C15H18IN3O2. The first-order valence-electron chi connectivity index (χ1n) is 6.17. The highest BCUT2D eigenvalue weighted by molar-refractivity contribution is 14.0. The van der Waals surface area contributed by atoms with Crippen LogP contribution in [0, 0.1) is 0 Å². The molecule has 112 valence electrons. The Kier molecular flexibility index (Phi) is 6.80. The van der Waals surface area contributed by atoms with E-state index < -0.39 is 0 Å². The van der Waals surface area contributed by atoms with E-state index in [1.165, 1.54) is 0 Å². The summed E-state index contributed by atoms with van der Waals surface area (Å²) in [4.78, 5) is 4.24. The van der Waals surface area contributed by atoms with E-state index in [1.807, 2.05) is 24.3 Å². The summed E-state index contributed by atoms with van der Waals surface area (Å²) in [5.74, 6) is 1.25. The average molecular weight is 399 g/mol. The summed E-state index contributed by atoms with van der Waals surface area (Å²) in [7, 11) is 1.60. The molecule has 0 saturated carbocycles. The lowest BCUT2D eigenvalue weighted by atomic mass is 10.2. The van der Waals surface area contributed by atoms with Crippen LogP contribution in [0.15, 0.2) is 53.5 Å². The van der Waals surface area contributed by atoms with Gasteiger partial charge >= 0.3 is 0 Å². The van der Waals surface area contributed by atoms with Crippen molar-refractivity contribution in [2.24, 2.45) is 10.7 Å². The van der Waals surface area contributed by atoms with Gasteiger partial charge in [-0.1, -0.05) is 24.3 Å². The van der Waals surface area contributed by atoms with Crippen molar-refractivity contribution in [3.05, 3.63) is 54.1 Å². The fourth-order valence-corrected chi connectivity index (χ4v) is 1.70. The number of nitrogens with two attached hydrogens (primary N) is 1. The van der Waals surface area contributed by atoms with E-state index >= 15 is 0 Å². The molecule has 2 rings (SSSR count). The Morgan fingerprint density at radius 2 is 1.86 bits per heavy atom. The zero-order valence-electron chi connectivity index (χ0n) is 11.6. The van der Waals surface area contributed by atoms with E-state index in [-0.39, 0.29) is 29.7 Å². The number of ether oxygens (including phenoxy) is 1. The molecule has 5 nitrogen and oxygen atoms in total. The van der Waals surface area contributed by atoms with E-state index in [0.717, 1.165) is 11.3 Å². The molecule has 0 amide bonds. The Morgan fingerprint density at radius 3 is 2.52 bits per heavy atom. The van der Waals surface area contributed by atoms with Crippen molar-refractivity contribution in [1.82, 2.24) is 0 Å². The third kappa shape index (κ3) is 5.14. The van der Waals surface area contributed by atoms with Crippen LogP contribution in [-0.4, -0.2) is 18.2 Å². The van der Waals surface area contributed by atoms with Crippen LogP contribution in [0.25, 0.3) is 0 Å². The second kappa shape index (κ2) is 8.35. The number of aromatic hydroxyl groups is 1. The Labute approximate surface area is 140 Å². The summed E-state index contributed by atoms with van der Waals surface area (Å²) >= 11 is 0. The van der Waals surface area contributed by atoms with Gasteiger partial charge in [0.05, 0.1) is 19.3 Å². The van der Waals surface area contributed by atoms with Crippen molar-refractivity contribution in [2.45, 2.75) is 6.54 Å². The predicted molar refractivity (Wildman–Crippen MR) is 95.5 cm³/mol. The highest BCUT2D eigenvalue weighted by Crippen LogP contribution is 2.22. The zero-order valence-corrected chi connectivity index (χ0v) is 13.9. The second-order valence-electron chi connectivity index (χ2n) is 4.19. The van der Waals surface area contributed by atoms with Crippen LogP contribution in [0.1, 0.15) is 5.56 Å². The first kappa shape index (κ1) is 17.1. The van der Waals surface area contributed by atoms with Crippen molar-refractivity contribution >= 4 is 35.6 Å². The Morgan fingerprint density at radius 1 is 1.19 bits per heavy atom. The summed E-state index contributed by atoms with van der Waals surface area (Å²) in [6.07, 6.45) is 0. The molecule has 2 aromatic rings. The van der Waals surface area contributed by atoms with Crippen LogP contribution in [0.5, 0.6) is 11.5 Å². The quantitative estimate of drug-likeness (QED) is 0.420. The molecule has 21 heavy (non-hydrogen) atoms. The Hall–Kier alpha value is -1.96. The summed E-state index contributed by atoms with van der Waals surface area (Å²) in [5, 5.41) is 12.2. The van der Waals surface area contributed by atoms with Gasteiger partial charge in [0, 0.05) is 0 Å². The maximum Gasteiger partial charge on any atom is 0.193 e. The lowest BCUT2D eigenvalue weighted by molar-refractivity contribution is 0.417. The molecule has 0 aromatic heterocycles. The van der Waals surface area contributed by atoms with Gasteiger partial charge in [-0.3, -0.25) is 0 Å². The largest absolute Gasteiger partial charge is 0.508 e. The molecule has 4 N–H and O–H groups in total. The van der Waals surface area contributed by atoms with E-state index in [0.29, 0.717) is 18.3 Å². The summed E-state index contributed by atoms with van der Waals surface area (Å²) in [6.45, 7) is 0.439. The molecule has 2 aromatic carbocycles. The molecule has 6 heteroatoms. The normalized spacial score (nSPS) is 10.6. The summed E-state index contributed by atoms with van der Waals surface area (Å²) in [5.41, 5.74) is 7.57. The number of para-hydroxylation sites is 2. The van der Waals surface area contributed by atoms with Crippen LogP contribution in [0.2, 0.25) is 0 Å². The number of hydrogen-bond donors (Lipinski definition) is 3. The number of anilines is 1. The smallest absolute Gasteiger partial charge is 0.193 e. The molecule has 0 unspecified atom stereocenters. The standard InChI is InChI=1S/C15H17N3O2.HI/c1-20-14-5-3-2-4-13(14)18-15(16)17-10-11-6-8-12(19)9-7-11;/h2-9,19H,10H2,1H3,(H3,16,17,18);1H. The molecule has 0 bridgehead atoms. The average Bonchev–Trinajstić information content (AvgIpc) is 2.47. The maximum atomic E-state index is 9.20. The van der Waals surface area contributed by atoms with Crippen molar-refractivity contribution in [2.75, 3.05) is 12.4 Å². The number of guanidine groups is 1. The Balaban J connectivity index is 0.00000220. The van der Waals surface area contributed by atoms with Crippen LogP contribution < -0.4 is 15.8 Å². The fraction of sp³-hybridized carbons (Fsp3) is 0.133. The monoisotopic (exact) mass is 399 g/mol. The first-order valence-corrected chi connectivity index (χ1v) is 6.17. The zero-order chi connectivity index (χ0) is 14.4. The van der Waals surface area contributed by atoms with Crippen molar-refractivity contribution in [3.8, 4) is 11.5 Å². The molecule has 0 aliphatic rings. The first-order chi connectivity index (χ1) is 9.69. The molecule has 0 spiro atoms. The molecule has 0 heterocycles. The minimum Gasteiger partial charge on any atom is -0.508 e. The van der Waals surface area contributed by atoms with E-state index in [2.05, 4.69) is 10.3 Å². The van der Waals surface area contributed by atoms with Gasteiger partial charge in [0.25, 0.3) is 0 Å². The maximum absolute atomic E-state index is 9.20. The van der Waals surface area contributed by atoms with Gasteiger partial charge in [-0.25, -0.2) is 4.99 Å². The molecule has 0 radical (unpaired) electrons. The SMILES string of the molecule is COc1ccccc1NC(N)=NCc1ccc(O)cc1.I. The minimum absolute atomic E-state index is 0. The number of benzene rings is 2. The van der Waals surface area contributed by atoms with Crippen molar-refractivity contribution in [1.29, 1.82) is 0 Å². The number of nitrogens with one attached hydrogen (secondary N) is 1. The fourth-order valence-electron chi connectivity index (χ4n) is 1.70. The predicted octanol–water partition coefficient (Wildman–Crippen LogP) is 2.95. The van der Waals surface area contributed by atoms with Gasteiger partial charge in [0.15, 0.2) is 5.96 Å². The topological polar surface area (TPSA) is 79.9 Å². The van der Waals surface area contributed by atoms with Crippen molar-refractivity contribution in [3.63, 3.8) is 0 Å². The molecule has 0 aliphatic carbocycles. The number of hydrogen-bond acceptors (Lipinski definition) is 3. The minimum atomic E-state index is 0. The van der Waals surface area contributed by atoms with E-state index in [1.54, 1.807) is 31.4 Å². The number of rotatable bonds is 4. The van der Waals surface area contributed by atoms with Gasteiger partial charge in [0.1, 0.15) is 11.5 Å². The molecule has 0 aliphatic heterocycles. The van der Waals surface area contributed by atoms with Crippen LogP contribution in [0.3, 0.4) is 0 Å². The molecule has 0 fully saturated rings. The number of methoxy groups -OCH3 is 1. The molecular weight excluding hydrogens is 381 g/mol. The number of phenols is 1. The van der Waals surface area contributed by atoms with E-state index in [9.17, 15) is 5.11 Å². The van der Waals surface area contributed by atoms with Gasteiger partial charge in [-0.05, 0) is 29.8 Å². The number of aliphatic imine (C=N–C) groups is 1. The number of phenolic OH excluding ortho intramolecular Hbond substituents is 1. The molecule has 0 atom stereocenters. The number of nitrogens with zero attached hydrogens (tertiary/aromatic N) is 1. The number of halogens is 1. The van der Waals surface area contributed by atoms with Crippen LogP contribution in [0.4, 0.5) is 5.69 Å². The third-order valence-corrected chi connectivity index (χ3v) is 2.74. The van der Waals surface area contributed by atoms with Gasteiger partial charge in [0.2, 0.25) is 0 Å². The second-order valence-corrected chi connectivity index (χ2v) is 4.19. The lowest BCUT2D eigenvalue weighted by Gasteiger charge is -2.10.